The fourth-order valence-corrected chi connectivity index (χ4v) is 3.57. The van der Waals surface area contributed by atoms with E-state index in [0.29, 0.717) is 10.6 Å². The second-order valence-corrected chi connectivity index (χ2v) is 8.10. The van der Waals surface area contributed by atoms with E-state index in [1.165, 1.54) is 30.5 Å². The molecule has 1 heterocycles. The molecule has 0 spiro atoms. The fraction of sp³-hybridized carbons (Fsp3) is 0.235. The summed E-state index contributed by atoms with van der Waals surface area (Å²) in [4.78, 5) is 27.9. The number of benzene rings is 1. The van der Waals surface area contributed by atoms with Crippen LogP contribution in [0, 0.1) is 6.92 Å². The van der Waals surface area contributed by atoms with Gasteiger partial charge < -0.3 is 10.1 Å². The van der Waals surface area contributed by atoms with E-state index in [1.54, 1.807) is 13.8 Å². The predicted octanol–water partition coefficient (Wildman–Crippen LogP) is 2.79. The number of esters is 1. The Morgan fingerprint density at radius 3 is 2.64 bits per heavy atom. The summed E-state index contributed by atoms with van der Waals surface area (Å²) in [5.74, 6) is -1.43. The van der Waals surface area contributed by atoms with Crippen molar-refractivity contribution in [2.45, 2.75) is 18.7 Å². The second kappa shape index (κ2) is 9.33. The van der Waals surface area contributed by atoms with Crippen molar-refractivity contribution >= 4 is 50.9 Å². The molecule has 0 unspecified atom stereocenters. The Bertz CT molecular complexity index is 1010. The third kappa shape index (κ3) is 5.41. The average Bonchev–Trinajstić information content (AvgIpc) is 2.66. The molecule has 0 aliphatic rings. The third-order valence-electron chi connectivity index (χ3n) is 3.51. The molecule has 0 radical (unpaired) electrons. The Hall–Kier alpha value is -2.20. The van der Waals surface area contributed by atoms with Crippen LogP contribution in [0.2, 0.25) is 10.0 Å². The van der Waals surface area contributed by atoms with Crippen LogP contribution in [-0.2, 0) is 19.6 Å². The van der Waals surface area contributed by atoms with Crippen LogP contribution in [0.3, 0.4) is 0 Å². The zero-order chi connectivity index (χ0) is 20.9. The van der Waals surface area contributed by atoms with Gasteiger partial charge in [-0.25, -0.2) is 22.9 Å². The minimum absolute atomic E-state index is 0.00901. The summed E-state index contributed by atoms with van der Waals surface area (Å²) in [6.45, 7) is 2.90. The number of hydrogen-bond donors (Lipinski definition) is 2. The van der Waals surface area contributed by atoms with Gasteiger partial charge in [-0.2, -0.15) is 0 Å². The van der Waals surface area contributed by atoms with Gasteiger partial charge in [0.2, 0.25) is 10.0 Å². The van der Waals surface area contributed by atoms with Gasteiger partial charge in [0.1, 0.15) is 0 Å². The van der Waals surface area contributed by atoms with Crippen molar-refractivity contribution in [2.24, 2.45) is 0 Å². The topological polar surface area (TPSA) is 114 Å². The molecule has 2 rings (SSSR count). The molecule has 0 bridgehead atoms. The number of carbonyl (C=O) groups excluding carboxylic acids is 2. The van der Waals surface area contributed by atoms with Crippen LogP contribution in [0.5, 0.6) is 0 Å². The van der Waals surface area contributed by atoms with Gasteiger partial charge in [0, 0.05) is 12.7 Å². The van der Waals surface area contributed by atoms with Gasteiger partial charge in [0.15, 0.2) is 12.4 Å². The fourth-order valence-electron chi connectivity index (χ4n) is 2.09. The highest BCUT2D eigenvalue weighted by atomic mass is 35.5. The Kier molecular flexibility index (Phi) is 7.36. The highest BCUT2D eigenvalue weighted by Gasteiger charge is 2.17. The van der Waals surface area contributed by atoms with Crippen molar-refractivity contribution in [3.05, 3.63) is 51.6 Å². The number of halogens is 2. The summed E-state index contributed by atoms with van der Waals surface area (Å²) in [7, 11) is -3.72. The summed E-state index contributed by atoms with van der Waals surface area (Å²) in [5.41, 5.74) is 0.537. The number of nitrogens with zero attached hydrogens (tertiary/aromatic N) is 1. The van der Waals surface area contributed by atoms with Crippen LogP contribution in [0.25, 0.3) is 0 Å². The molecule has 0 aliphatic heterocycles. The van der Waals surface area contributed by atoms with E-state index in [1.807, 2.05) is 0 Å². The first kappa shape index (κ1) is 22.1. The van der Waals surface area contributed by atoms with Crippen LogP contribution in [-0.4, -0.2) is 38.4 Å². The first-order chi connectivity index (χ1) is 13.2. The van der Waals surface area contributed by atoms with Crippen molar-refractivity contribution in [1.29, 1.82) is 0 Å². The van der Waals surface area contributed by atoms with E-state index in [2.05, 4.69) is 15.0 Å². The number of amides is 1. The van der Waals surface area contributed by atoms with Crippen molar-refractivity contribution < 1.29 is 22.7 Å². The number of sulfonamides is 1. The molecule has 1 aromatic carbocycles. The highest BCUT2D eigenvalue weighted by Crippen LogP contribution is 2.28. The monoisotopic (exact) mass is 445 g/mol. The van der Waals surface area contributed by atoms with Gasteiger partial charge in [0.25, 0.3) is 5.91 Å². The number of ether oxygens (including phenoxy) is 1. The van der Waals surface area contributed by atoms with E-state index < -0.39 is 28.5 Å². The molecular formula is C17H17Cl2N3O5S. The van der Waals surface area contributed by atoms with Gasteiger partial charge in [-0.1, -0.05) is 36.2 Å². The van der Waals surface area contributed by atoms with Gasteiger partial charge in [-0.05, 0) is 30.7 Å². The maximum absolute atomic E-state index is 12.1. The highest BCUT2D eigenvalue weighted by molar-refractivity contribution is 7.89. The summed E-state index contributed by atoms with van der Waals surface area (Å²) < 4.78 is 31.3. The molecule has 0 saturated carbocycles. The third-order valence-corrected chi connectivity index (χ3v) is 5.90. The van der Waals surface area contributed by atoms with E-state index in [0.717, 1.165) is 0 Å². The van der Waals surface area contributed by atoms with Crippen molar-refractivity contribution in [1.82, 2.24) is 9.71 Å². The molecule has 8 nitrogen and oxygen atoms in total. The quantitative estimate of drug-likeness (QED) is 0.633. The first-order valence-electron chi connectivity index (χ1n) is 8.03. The maximum atomic E-state index is 12.1. The van der Waals surface area contributed by atoms with Crippen LogP contribution < -0.4 is 10.0 Å². The van der Waals surface area contributed by atoms with Crippen LogP contribution in [0.4, 0.5) is 5.82 Å². The Balaban J connectivity index is 2.02. The molecule has 2 N–H and O–H groups in total. The maximum Gasteiger partial charge on any atom is 0.338 e. The summed E-state index contributed by atoms with van der Waals surface area (Å²) in [6.07, 6.45) is 1.33. The van der Waals surface area contributed by atoms with Gasteiger partial charge in [0.05, 0.1) is 20.5 Å². The van der Waals surface area contributed by atoms with E-state index in [-0.39, 0.29) is 27.8 Å². The molecule has 0 atom stereocenters. The lowest BCUT2D eigenvalue weighted by Crippen LogP contribution is -2.24. The summed E-state index contributed by atoms with van der Waals surface area (Å²) in [5, 5.41) is 2.94. The Morgan fingerprint density at radius 2 is 1.96 bits per heavy atom. The van der Waals surface area contributed by atoms with Crippen LogP contribution >= 0.6 is 23.2 Å². The zero-order valence-electron chi connectivity index (χ0n) is 15.0. The lowest BCUT2D eigenvalue weighted by molar-refractivity contribution is -0.119. The minimum atomic E-state index is -3.72. The Morgan fingerprint density at radius 1 is 1.25 bits per heavy atom. The molecule has 2 aromatic rings. The number of anilines is 1. The number of aromatic nitrogens is 1. The van der Waals surface area contributed by atoms with Gasteiger partial charge in [-0.3, -0.25) is 4.79 Å². The molecule has 28 heavy (non-hydrogen) atoms. The molecule has 0 saturated heterocycles. The van der Waals surface area contributed by atoms with Gasteiger partial charge in [-0.15, -0.1) is 0 Å². The lowest BCUT2D eigenvalue weighted by atomic mass is 10.2. The second-order valence-electron chi connectivity index (χ2n) is 5.55. The molecule has 0 fully saturated rings. The average molecular weight is 446 g/mol. The van der Waals surface area contributed by atoms with E-state index >= 15 is 0 Å². The summed E-state index contributed by atoms with van der Waals surface area (Å²) >= 11 is 11.9. The minimum Gasteiger partial charge on any atom is -0.452 e. The smallest absolute Gasteiger partial charge is 0.338 e. The largest absolute Gasteiger partial charge is 0.452 e. The van der Waals surface area contributed by atoms with E-state index in [4.69, 9.17) is 27.9 Å². The normalized spacial score (nSPS) is 11.1. The molecule has 1 amide bonds. The van der Waals surface area contributed by atoms with Crippen LogP contribution in [0.15, 0.2) is 35.4 Å². The molecular weight excluding hydrogens is 429 g/mol. The number of rotatable bonds is 7. The molecule has 1 aromatic heterocycles. The number of carbonyl (C=O) groups is 2. The van der Waals surface area contributed by atoms with E-state index in [9.17, 15) is 18.0 Å². The lowest BCUT2D eigenvalue weighted by Gasteiger charge is -2.10. The number of hydrogen-bond acceptors (Lipinski definition) is 6. The van der Waals surface area contributed by atoms with Crippen molar-refractivity contribution in [3.8, 4) is 0 Å². The van der Waals surface area contributed by atoms with Crippen molar-refractivity contribution in [2.75, 3.05) is 18.5 Å². The standard InChI is InChI=1S/C17H17Cl2N3O5S/c1-3-21-28(25,26)12-6-4-5-11(7-12)17(24)27-9-14(23)22-16-15(19)10(2)13(18)8-20-16/h4-8,21H,3,9H2,1-2H3,(H,20,22,23). The SMILES string of the molecule is CCNS(=O)(=O)c1cccc(C(=O)OCC(=O)Nc2ncc(Cl)c(C)c2Cl)c1. The summed E-state index contributed by atoms with van der Waals surface area (Å²) in [6, 6.07) is 5.30. The van der Waals surface area contributed by atoms with Gasteiger partial charge >= 0.3 is 5.97 Å². The number of pyridine rings is 1. The van der Waals surface area contributed by atoms with Crippen LogP contribution in [0.1, 0.15) is 22.8 Å². The number of nitrogens with one attached hydrogen (secondary N) is 2. The Labute approximate surface area is 172 Å². The molecule has 0 aliphatic carbocycles. The zero-order valence-corrected chi connectivity index (χ0v) is 17.3. The molecule has 11 heteroatoms. The first-order valence-corrected chi connectivity index (χ1v) is 10.3. The van der Waals surface area contributed by atoms with Crippen molar-refractivity contribution in [3.63, 3.8) is 0 Å². The molecule has 150 valence electrons. The predicted molar refractivity (Wildman–Crippen MR) is 105 cm³/mol.